The van der Waals surface area contributed by atoms with Gasteiger partial charge in [-0.3, -0.25) is 9.59 Å². The highest BCUT2D eigenvalue weighted by Crippen LogP contribution is 2.55. The van der Waals surface area contributed by atoms with Gasteiger partial charge >= 0.3 is 11.9 Å². The van der Waals surface area contributed by atoms with E-state index in [1.54, 1.807) is 0 Å². The molecule has 4 aromatic rings. The minimum absolute atomic E-state index is 0.00623. The van der Waals surface area contributed by atoms with Gasteiger partial charge in [-0.1, -0.05) is 47.9 Å². The highest BCUT2D eigenvalue weighted by Gasteiger charge is 2.44. The number of carboxylic acid groups (broad SMARTS) is 2. The number of carbonyl (C=O) groups excluding carboxylic acids is 2. The minimum atomic E-state index is -1.42. The Labute approximate surface area is 224 Å². The van der Waals surface area contributed by atoms with Crippen molar-refractivity contribution in [3.8, 4) is 23.0 Å². The fourth-order valence-electron chi connectivity index (χ4n) is 5.93. The first kappa shape index (κ1) is 24.7. The Hall–Kier alpha value is -5.64. The van der Waals surface area contributed by atoms with E-state index in [4.69, 9.17) is 0 Å². The first-order chi connectivity index (χ1) is 19.0. The predicted octanol–water partition coefficient (Wildman–Crippen LogP) is 2.69. The molecule has 0 heterocycles. The van der Waals surface area contributed by atoms with Gasteiger partial charge in [0.15, 0.2) is 11.6 Å². The maximum Gasteiger partial charge on any atom is 0.335 e. The van der Waals surface area contributed by atoms with E-state index < -0.39 is 58.3 Å². The summed E-state index contributed by atoms with van der Waals surface area (Å²) in [5.74, 6) is -9.55. The zero-order valence-electron chi connectivity index (χ0n) is 20.2. The second-order valence-electron chi connectivity index (χ2n) is 9.58. The molecule has 0 aromatic heterocycles. The maximum atomic E-state index is 13.5. The number of phenolic OH excluding ortho intramolecular Hbond substituents is 2. The summed E-state index contributed by atoms with van der Waals surface area (Å²) in [6.07, 6.45) is 0. The molecule has 198 valence electrons. The summed E-state index contributed by atoms with van der Waals surface area (Å²) in [5.41, 5.74) is -1.76. The summed E-state index contributed by atoms with van der Waals surface area (Å²) in [6.45, 7) is 0. The lowest BCUT2D eigenvalue weighted by Gasteiger charge is -2.40. The van der Waals surface area contributed by atoms with E-state index in [1.165, 1.54) is 24.3 Å². The average molecular weight is 536 g/mol. The molecule has 0 saturated carbocycles. The van der Waals surface area contributed by atoms with Gasteiger partial charge in [0.1, 0.15) is 11.5 Å². The number of benzene rings is 4. The molecule has 10 heteroatoms. The van der Waals surface area contributed by atoms with Gasteiger partial charge in [0.2, 0.25) is 0 Å². The summed E-state index contributed by atoms with van der Waals surface area (Å²) < 4.78 is 0. The van der Waals surface area contributed by atoms with Gasteiger partial charge in [-0.25, -0.2) is 9.59 Å². The molecule has 10 nitrogen and oxygen atoms in total. The summed E-state index contributed by atoms with van der Waals surface area (Å²) in [4.78, 5) is 50.9. The van der Waals surface area contributed by atoms with Crippen molar-refractivity contribution in [2.45, 2.75) is 11.8 Å². The standard InChI is InChI=1S/C30H18O10/c31-17-5-1-3-13-21(15-7-11(29(37)38)9-19(33)25(15)27(35)23(13)17)22-14-4-2-6-18(32)24(14)28(36)26-16(22)8-12(30(39)40)10-20(26)34/h1-10,21-22,31-34H,(H,37,38)(H,39,40)/p-2/t21-,22+. The molecule has 2 atom stereocenters. The number of ketones is 2. The van der Waals surface area contributed by atoms with Gasteiger partial charge in [-0.15, -0.1) is 0 Å². The molecule has 0 spiro atoms. The maximum absolute atomic E-state index is 13.5. The van der Waals surface area contributed by atoms with Crippen molar-refractivity contribution < 1.29 is 49.8 Å². The highest BCUT2D eigenvalue weighted by atomic mass is 16.4. The number of carbonyl (C=O) groups is 4. The smallest absolute Gasteiger partial charge is 0.335 e. The average Bonchev–Trinajstić information content (AvgIpc) is 2.89. The van der Waals surface area contributed by atoms with Crippen LogP contribution in [-0.4, -0.2) is 43.9 Å². The third-order valence-electron chi connectivity index (χ3n) is 7.49. The molecule has 0 aliphatic heterocycles. The predicted molar refractivity (Wildman–Crippen MR) is 132 cm³/mol. The fraction of sp³-hybridized carbons (Fsp3) is 0.0667. The van der Waals surface area contributed by atoms with Gasteiger partial charge in [-0.05, 0) is 46.5 Å². The normalized spacial score (nSPS) is 16.9. The van der Waals surface area contributed by atoms with E-state index in [0.717, 1.165) is 36.4 Å². The third kappa shape index (κ3) is 3.29. The lowest BCUT2D eigenvalue weighted by molar-refractivity contribution is -0.269. The van der Waals surface area contributed by atoms with Crippen molar-refractivity contribution in [1.29, 1.82) is 0 Å². The molecule has 0 saturated heterocycles. The zero-order valence-corrected chi connectivity index (χ0v) is 20.2. The van der Waals surface area contributed by atoms with Gasteiger partial charge < -0.3 is 30.6 Å². The number of rotatable bonds is 3. The largest absolute Gasteiger partial charge is 0.872 e. The molecule has 0 bridgehead atoms. The van der Waals surface area contributed by atoms with Crippen LogP contribution in [0.4, 0.5) is 0 Å². The molecule has 2 aliphatic rings. The highest BCUT2D eigenvalue weighted by molar-refractivity contribution is 6.18. The second kappa shape index (κ2) is 8.43. The lowest BCUT2D eigenvalue weighted by Crippen LogP contribution is -2.31. The topological polar surface area (TPSA) is 195 Å². The van der Waals surface area contributed by atoms with Crippen LogP contribution < -0.4 is 10.2 Å². The second-order valence-corrected chi connectivity index (χ2v) is 9.58. The van der Waals surface area contributed by atoms with Crippen molar-refractivity contribution in [2.75, 3.05) is 0 Å². The number of fused-ring (bicyclic) bond motifs is 4. The Kier molecular flexibility index (Phi) is 5.20. The van der Waals surface area contributed by atoms with Crippen LogP contribution in [-0.2, 0) is 0 Å². The van der Waals surface area contributed by atoms with E-state index >= 15 is 0 Å². The van der Waals surface area contributed by atoms with E-state index in [2.05, 4.69) is 0 Å². The van der Waals surface area contributed by atoms with Crippen LogP contribution in [0.15, 0.2) is 60.7 Å². The third-order valence-corrected chi connectivity index (χ3v) is 7.49. The van der Waals surface area contributed by atoms with Crippen molar-refractivity contribution in [3.05, 3.63) is 116 Å². The molecule has 0 amide bonds. The first-order valence-corrected chi connectivity index (χ1v) is 11.9. The Morgan fingerprint density at radius 3 is 1.30 bits per heavy atom. The molecular formula is C30H16O10-2. The Bertz CT molecular complexity index is 1720. The zero-order chi connectivity index (χ0) is 28.6. The molecule has 6 rings (SSSR count). The van der Waals surface area contributed by atoms with Gasteiger partial charge in [0, 0.05) is 23.0 Å². The van der Waals surface area contributed by atoms with Gasteiger partial charge in [0.25, 0.3) is 0 Å². The number of phenols is 2. The van der Waals surface area contributed by atoms with E-state index in [9.17, 15) is 49.8 Å². The van der Waals surface area contributed by atoms with Crippen molar-refractivity contribution in [3.63, 3.8) is 0 Å². The molecule has 4 aromatic carbocycles. The molecule has 4 N–H and O–H groups in total. The van der Waals surface area contributed by atoms with E-state index in [-0.39, 0.29) is 55.6 Å². The summed E-state index contributed by atoms with van der Waals surface area (Å²) >= 11 is 0. The Morgan fingerprint density at radius 2 is 0.950 bits per heavy atom. The Morgan fingerprint density at radius 1 is 0.575 bits per heavy atom. The molecule has 40 heavy (non-hydrogen) atoms. The molecule has 0 unspecified atom stereocenters. The van der Waals surface area contributed by atoms with Crippen LogP contribution in [0.2, 0.25) is 0 Å². The van der Waals surface area contributed by atoms with Crippen LogP contribution >= 0.6 is 0 Å². The summed E-state index contributed by atoms with van der Waals surface area (Å²) in [5, 5.41) is 67.0. The van der Waals surface area contributed by atoms with Crippen molar-refractivity contribution in [2.24, 2.45) is 0 Å². The van der Waals surface area contributed by atoms with Gasteiger partial charge in [0.05, 0.1) is 22.3 Å². The Balaban J connectivity index is 1.79. The SMILES string of the molecule is O=C(O)c1cc(O)c2c(c1)[C@H]([C@H]1c3cccc([O-])c3C(=O)c3c(O)cc(C(=O)O)cc31)c1cccc([O-])c1C2=O. The van der Waals surface area contributed by atoms with Crippen LogP contribution in [0.1, 0.15) is 86.6 Å². The van der Waals surface area contributed by atoms with Crippen molar-refractivity contribution >= 4 is 23.5 Å². The first-order valence-electron chi connectivity index (χ1n) is 11.9. The van der Waals surface area contributed by atoms with Crippen LogP contribution in [0.5, 0.6) is 23.0 Å². The number of hydrogen-bond acceptors (Lipinski definition) is 8. The van der Waals surface area contributed by atoms with Crippen molar-refractivity contribution in [1.82, 2.24) is 0 Å². The fourth-order valence-corrected chi connectivity index (χ4v) is 5.93. The minimum Gasteiger partial charge on any atom is -0.872 e. The van der Waals surface area contributed by atoms with Crippen LogP contribution in [0, 0.1) is 0 Å². The van der Waals surface area contributed by atoms with Gasteiger partial charge in [-0.2, -0.15) is 0 Å². The number of aromatic hydroxyl groups is 2. The summed E-state index contributed by atoms with van der Waals surface area (Å²) in [6, 6.07) is 12.1. The lowest BCUT2D eigenvalue weighted by atomic mass is 9.63. The molecule has 2 aliphatic carbocycles. The molecule has 0 radical (unpaired) electrons. The molecule has 0 fully saturated rings. The van der Waals surface area contributed by atoms with Crippen LogP contribution in [0.25, 0.3) is 0 Å². The number of aromatic carboxylic acids is 2. The van der Waals surface area contributed by atoms with E-state index in [1.807, 2.05) is 0 Å². The number of hydrogen-bond donors (Lipinski definition) is 4. The summed E-state index contributed by atoms with van der Waals surface area (Å²) in [7, 11) is 0. The van der Waals surface area contributed by atoms with Crippen LogP contribution in [0.3, 0.4) is 0 Å². The monoisotopic (exact) mass is 536 g/mol. The van der Waals surface area contributed by atoms with E-state index in [0.29, 0.717) is 0 Å². The number of carboxylic acids is 2. The molecular weight excluding hydrogens is 520 g/mol. The quantitative estimate of drug-likeness (QED) is 0.302.